The molecule has 0 aliphatic carbocycles. The Morgan fingerprint density at radius 3 is 3.00 bits per heavy atom. The SMILES string of the molecule is Cc1cc(CC2COCCN(C(=O)c3cn(C)cn3)C2)ncn1. The van der Waals surface area contributed by atoms with E-state index in [0.29, 0.717) is 32.0 Å². The summed E-state index contributed by atoms with van der Waals surface area (Å²) in [5.74, 6) is 0.180. The van der Waals surface area contributed by atoms with Crippen LogP contribution in [0.3, 0.4) is 0 Å². The van der Waals surface area contributed by atoms with E-state index in [-0.39, 0.29) is 11.8 Å². The van der Waals surface area contributed by atoms with Gasteiger partial charge >= 0.3 is 0 Å². The lowest BCUT2D eigenvalue weighted by molar-refractivity contribution is 0.0732. The van der Waals surface area contributed by atoms with Crippen molar-refractivity contribution in [3.05, 3.63) is 42.0 Å². The van der Waals surface area contributed by atoms with E-state index in [0.717, 1.165) is 17.8 Å². The van der Waals surface area contributed by atoms with Crippen LogP contribution in [0.2, 0.25) is 0 Å². The minimum atomic E-state index is -0.0417. The summed E-state index contributed by atoms with van der Waals surface area (Å²) >= 11 is 0. The van der Waals surface area contributed by atoms with E-state index in [9.17, 15) is 4.79 Å². The van der Waals surface area contributed by atoms with Crippen molar-refractivity contribution in [3.8, 4) is 0 Å². The number of rotatable bonds is 3. The van der Waals surface area contributed by atoms with Crippen LogP contribution in [-0.4, -0.2) is 56.6 Å². The molecule has 2 aromatic rings. The number of hydrogen-bond donors (Lipinski definition) is 0. The number of hydrogen-bond acceptors (Lipinski definition) is 5. The Balaban J connectivity index is 1.69. The standard InChI is InChI=1S/C16H21N5O2/c1-12-5-14(18-10-17-12)6-13-7-21(3-4-23-9-13)16(22)15-8-20(2)11-19-15/h5,8,10-11,13H,3-4,6-7,9H2,1-2H3. The summed E-state index contributed by atoms with van der Waals surface area (Å²) < 4.78 is 7.45. The van der Waals surface area contributed by atoms with Crippen molar-refractivity contribution in [2.45, 2.75) is 13.3 Å². The fourth-order valence-corrected chi connectivity index (χ4v) is 2.79. The molecule has 1 saturated heterocycles. The van der Waals surface area contributed by atoms with Crippen LogP contribution in [0.1, 0.15) is 21.9 Å². The molecule has 7 heteroatoms. The first kappa shape index (κ1) is 15.6. The molecular formula is C16H21N5O2. The zero-order chi connectivity index (χ0) is 16.2. The summed E-state index contributed by atoms with van der Waals surface area (Å²) in [6, 6.07) is 1.98. The van der Waals surface area contributed by atoms with E-state index in [1.54, 1.807) is 23.4 Å². The van der Waals surface area contributed by atoms with E-state index in [2.05, 4.69) is 15.0 Å². The van der Waals surface area contributed by atoms with Gasteiger partial charge in [0, 0.05) is 43.6 Å². The van der Waals surface area contributed by atoms with E-state index in [4.69, 9.17) is 4.74 Å². The Hall–Kier alpha value is -2.28. The second kappa shape index (κ2) is 6.87. The number of carbonyl (C=O) groups excluding carboxylic acids is 1. The Morgan fingerprint density at radius 1 is 1.39 bits per heavy atom. The van der Waals surface area contributed by atoms with Gasteiger partial charge in [-0.05, 0) is 19.4 Å². The van der Waals surface area contributed by atoms with Gasteiger partial charge in [0.1, 0.15) is 12.0 Å². The molecule has 0 bridgehead atoms. The lowest BCUT2D eigenvalue weighted by Crippen LogP contribution is -2.36. The van der Waals surface area contributed by atoms with E-state index >= 15 is 0 Å². The average Bonchev–Trinajstić information content (AvgIpc) is 2.82. The van der Waals surface area contributed by atoms with Crippen molar-refractivity contribution in [2.75, 3.05) is 26.3 Å². The maximum Gasteiger partial charge on any atom is 0.274 e. The molecular weight excluding hydrogens is 294 g/mol. The number of imidazole rings is 1. The molecule has 0 radical (unpaired) electrons. The predicted molar refractivity (Wildman–Crippen MR) is 83.9 cm³/mol. The molecule has 1 aliphatic rings. The van der Waals surface area contributed by atoms with Crippen LogP contribution in [0, 0.1) is 12.8 Å². The summed E-state index contributed by atoms with van der Waals surface area (Å²) in [5.41, 5.74) is 2.41. The highest BCUT2D eigenvalue weighted by Crippen LogP contribution is 2.15. The second-order valence-corrected chi connectivity index (χ2v) is 5.97. The number of nitrogens with zero attached hydrogens (tertiary/aromatic N) is 5. The lowest BCUT2D eigenvalue weighted by Gasteiger charge is -2.22. The van der Waals surface area contributed by atoms with E-state index < -0.39 is 0 Å². The molecule has 1 atom stereocenters. The molecule has 7 nitrogen and oxygen atoms in total. The number of aryl methyl sites for hydroxylation is 2. The van der Waals surface area contributed by atoms with Gasteiger partial charge in [0.2, 0.25) is 0 Å². The summed E-state index contributed by atoms with van der Waals surface area (Å²) in [6.07, 6.45) is 5.74. The monoisotopic (exact) mass is 315 g/mol. The predicted octanol–water partition coefficient (Wildman–Crippen LogP) is 0.850. The van der Waals surface area contributed by atoms with Gasteiger partial charge in [-0.3, -0.25) is 4.79 Å². The van der Waals surface area contributed by atoms with Gasteiger partial charge in [-0.2, -0.15) is 0 Å². The van der Waals surface area contributed by atoms with Gasteiger partial charge in [0.15, 0.2) is 0 Å². The number of carbonyl (C=O) groups is 1. The van der Waals surface area contributed by atoms with Gasteiger partial charge < -0.3 is 14.2 Å². The molecule has 0 spiro atoms. The molecule has 2 aromatic heterocycles. The van der Waals surface area contributed by atoms with Gasteiger partial charge in [-0.25, -0.2) is 15.0 Å². The maximum absolute atomic E-state index is 12.6. The van der Waals surface area contributed by atoms with Crippen molar-refractivity contribution in [1.82, 2.24) is 24.4 Å². The number of amides is 1. The molecule has 122 valence electrons. The molecule has 0 N–H and O–H groups in total. The summed E-state index contributed by atoms with van der Waals surface area (Å²) in [7, 11) is 1.86. The third-order valence-corrected chi connectivity index (χ3v) is 3.91. The van der Waals surface area contributed by atoms with Crippen molar-refractivity contribution in [3.63, 3.8) is 0 Å². The van der Waals surface area contributed by atoms with Gasteiger partial charge in [0.25, 0.3) is 5.91 Å². The molecule has 1 fully saturated rings. The van der Waals surface area contributed by atoms with Gasteiger partial charge in [-0.15, -0.1) is 0 Å². The molecule has 0 aromatic carbocycles. The van der Waals surface area contributed by atoms with Gasteiger partial charge in [0.05, 0.1) is 19.5 Å². The average molecular weight is 315 g/mol. The normalized spacial score (nSPS) is 18.7. The molecule has 3 rings (SSSR count). The highest BCUT2D eigenvalue weighted by Gasteiger charge is 2.25. The highest BCUT2D eigenvalue weighted by molar-refractivity contribution is 5.92. The zero-order valence-electron chi connectivity index (χ0n) is 13.5. The lowest BCUT2D eigenvalue weighted by atomic mass is 10.0. The van der Waals surface area contributed by atoms with E-state index in [1.165, 1.54) is 0 Å². The second-order valence-electron chi connectivity index (χ2n) is 5.97. The summed E-state index contributed by atoms with van der Waals surface area (Å²) in [5, 5.41) is 0. The largest absolute Gasteiger partial charge is 0.379 e. The topological polar surface area (TPSA) is 73.1 Å². The first-order valence-corrected chi connectivity index (χ1v) is 7.74. The van der Waals surface area contributed by atoms with Crippen LogP contribution in [0.5, 0.6) is 0 Å². The minimum absolute atomic E-state index is 0.0417. The molecule has 1 aliphatic heterocycles. The van der Waals surface area contributed by atoms with Crippen molar-refractivity contribution in [2.24, 2.45) is 13.0 Å². The van der Waals surface area contributed by atoms with Crippen LogP contribution in [0.15, 0.2) is 24.9 Å². The molecule has 0 saturated carbocycles. The fraction of sp³-hybridized carbons (Fsp3) is 0.500. The van der Waals surface area contributed by atoms with Crippen LogP contribution >= 0.6 is 0 Å². The Morgan fingerprint density at radius 2 is 2.26 bits per heavy atom. The fourth-order valence-electron chi connectivity index (χ4n) is 2.79. The summed E-state index contributed by atoms with van der Waals surface area (Å²) in [4.78, 5) is 27.0. The zero-order valence-corrected chi connectivity index (χ0v) is 13.5. The quantitative estimate of drug-likeness (QED) is 0.839. The van der Waals surface area contributed by atoms with Crippen molar-refractivity contribution >= 4 is 5.91 Å². The highest BCUT2D eigenvalue weighted by atomic mass is 16.5. The third-order valence-electron chi connectivity index (χ3n) is 3.91. The van der Waals surface area contributed by atoms with Crippen LogP contribution in [0.4, 0.5) is 0 Å². The maximum atomic E-state index is 12.6. The summed E-state index contributed by atoms with van der Waals surface area (Å²) in [6.45, 7) is 4.38. The number of aromatic nitrogens is 4. The molecule has 1 amide bonds. The van der Waals surface area contributed by atoms with E-state index in [1.807, 2.05) is 24.9 Å². The van der Waals surface area contributed by atoms with Crippen LogP contribution in [0.25, 0.3) is 0 Å². The smallest absolute Gasteiger partial charge is 0.274 e. The van der Waals surface area contributed by atoms with Gasteiger partial charge in [-0.1, -0.05) is 0 Å². The van der Waals surface area contributed by atoms with Crippen LogP contribution < -0.4 is 0 Å². The van der Waals surface area contributed by atoms with Crippen molar-refractivity contribution in [1.29, 1.82) is 0 Å². The Kier molecular flexibility index (Phi) is 4.66. The molecule has 3 heterocycles. The third kappa shape index (κ3) is 3.92. The minimum Gasteiger partial charge on any atom is -0.379 e. The number of ether oxygens (including phenoxy) is 1. The first-order chi connectivity index (χ1) is 11.1. The molecule has 1 unspecified atom stereocenters. The Bertz CT molecular complexity index is 685. The first-order valence-electron chi connectivity index (χ1n) is 7.74. The Labute approximate surface area is 135 Å². The van der Waals surface area contributed by atoms with Crippen LogP contribution in [-0.2, 0) is 18.2 Å². The van der Waals surface area contributed by atoms with Crippen molar-refractivity contribution < 1.29 is 9.53 Å². The molecule has 23 heavy (non-hydrogen) atoms.